The molecule has 0 aliphatic rings. The summed E-state index contributed by atoms with van der Waals surface area (Å²) in [5.41, 5.74) is -1.47. The number of carbonyl (C=O) groups is 1. The van der Waals surface area contributed by atoms with Gasteiger partial charge >= 0.3 is 13.3 Å². The van der Waals surface area contributed by atoms with E-state index in [1.165, 1.54) is 18.3 Å². The Bertz CT molecular complexity index is 1050. The molecule has 0 aliphatic carbocycles. The number of halogens is 1. The fourth-order valence-corrected chi connectivity index (χ4v) is 4.47. The number of aromatic nitrogens is 2. The SMILES string of the molecule is CCOP(=O)(CC/C=C/Cn1cc(Cl)c(=O)n(C(=O)c2ccccc2)c1=O)OCC. The van der Waals surface area contributed by atoms with Crippen molar-refractivity contribution in [1.29, 1.82) is 0 Å². The highest BCUT2D eigenvalue weighted by molar-refractivity contribution is 7.53. The molecule has 162 valence electrons. The zero-order valence-electron chi connectivity index (χ0n) is 16.8. The Morgan fingerprint density at radius 2 is 1.73 bits per heavy atom. The Morgan fingerprint density at radius 3 is 2.33 bits per heavy atom. The van der Waals surface area contributed by atoms with Gasteiger partial charge in [0.25, 0.3) is 11.5 Å². The van der Waals surface area contributed by atoms with Crippen LogP contribution in [0.3, 0.4) is 0 Å². The first-order chi connectivity index (χ1) is 14.3. The molecule has 0 spiro atoms. The molecule has 1 aromatic heterocycles. The van der Waals surface area contributed by atoms with Crippen molar-refractivity contribution in [2.75, 3.05) is 19.4 Å². The molecule has 0 saturated heterocycles. The maximum Gasteiger partial charge on any atom is 0.338 e. The topological polar surface area (TPSA) is 96.6 Å². The number of hydrogen-bond donors (Lipinski definition) is 0. The molecule has 1 heterocycles. The molecule has 2 aromatic rings. The normalized spacial score (nSPS) is 11.8. The van der Waals surface area contributed by atoms with Crippen molar-refractivity contribution < 1.29 is 18.4 Å². The first-order valence-electron chi connectivity index (χ1n) is 9.47. The lowest BCUT2D eigenvalue weighted by atomic mass is 10.2. The van der Waals surface area contributed by atoms with Gasteiger partial charge in [-0.2, -0.15) is 4.57 Å². The van der Waals surface area contributed by atoms with Gasteiger partial charge in [-0.15, -0.1) is 0 Å². The van der Waals surface area contributed by atoms with Crippen LogP contribution in [-0.2, 0) is 20.2 Å². The lowest BCUT2D eigenvalue weighted by molar-refractivity contribution is 0.0948. The monoisotopic (exact) mass is 454 g/mol. The molecule has 0 N–H and O–H groups in total. The molecule has 0 saturated carbocycles. The molecular formula is C20H24ClN2O6P. The average molecular weight is 455 g/mol. The van der Waals surface area contributed by atoms with Crippen LogP contribution in [0, 0.1) is 0 Å². The predicted molar refractivity (Wildman–Crippen MR) is 116 cm³/mol. The zero-order chi connectivity index (χ0) is 22.1. The summed E-state index contributed by atoms with van der Waals surface area (Å²) in [6.45, 7) is 4.12. The Hall–Kier alpha value is -2.25. The summed E-state index contributed by atoms with van der Waals surface area (Å²) in [6.07, 6.45) is 5.17. The number of carbonyl (C=O) groups excluding carboxylic acids is 1. The van der Waals surface area contributed by atoms with E-state index < -0.39 is 24.8 Å². The summed E-state index contributed by atoms with van der Waals surface area (Å²) in [4.78, 5) is 37.6. The summed E-state index contributed by atoms with van der Waals surface area (Å²) in [7, 11) is -3.14. The van der Waals surface area contributed by atoms with E-state index in [1.807, 2.05) is 0 Å². The summed E-state index contributed by atoms with van der Waals surface area (Å²) >= 11 is 5.95. The van der Waals surface area contributed by atoms with Crippen LogP contribution in [0.1, 0.15) is 30.6 Å². The van der Waals surface area contributed by atoms with Gasteiger partial charge in [-0.3, -0.25) is 18.7 Å². The zero-order valence-corrected chi connectivity index (χ0v) is 18.5. The summed E-state index contributed by atoms with van der Waals surface area (Å²) in [5, 5.41) is -0.246. The van der Waals surface area contributed by atoms with E-state index >= 15 is 0 Å². The molecule has 30 heavy (non-hydrogen) atoms. The minimum absolute atomic E-state index is 0.0779. The van der Waals surface area contributed by atoms with Gasteiger partial charge in [-0.1, -0.05) is 42.0 Å². The molecule has 0 aliphatic heterocycles. The molecule has 0 unspecified atom stereocenters. The fourth-order valence-electron chi connectivity index (χ4n) is 2.69. The number of hydrogen-bond acceptors (Lipinski definition) is 6. The third-order valence-electron chi connectivity index (χ3n) is 4.03. The predicted octanol–water partition coefficient (Wildman–Crippen LogP) is 3.56. The summed E-state index contributed by atoms with van der Waals surface area (Å²) in [6, 6.07) is 8.00. The second-order valence-electron chi connectivity index (χ2n) is 6.15. The van der Waals surface area contributed by atoms with Crippen molar-refractivity contribution in [3.63, 3.8) is 0 Å². The highest BCUT2D eigenvalue weighted by atomic mass is 35.5. The third kappa shape index (κ3) is 6.12. The van der Waals surface area contributed by atoms with Gasteiger partial charge in [-0.25, -0.2) is 4.79 Å². The molecule has 2 rings (SSSR count). The van der Waals surface area contributed by atoms with E-state index in [1.54, 1.807) is 44.2 Å². The Labute approximate surface area is 179 Å². The van der Waals surface area contributed by atoms with E-state index in [0.717, 1.165) is 4.57 Å². The van der Waals surface area contributed by atoms with Crippen molar-refractivity contribution in [2.24, 2.45) is 0 Å². The van der Waals surface area contributed by atoms with Gasteiger partial charge in [0.05, 0.1) is 19.4 Å². The number of benzene rings is 1. The average Bonchev–Trinajstić information content (AvgIpc) is 2.72. The lowest BCUT2D eigenvalue weighted by Gasteiger charge is -2.15. The van der Waals surface area contributed by atoms with Gasteiger partial charge in [0.1, 0.15) is 5.02 Å². The molecule has 10 heteroatoms. The minimum Gasteiger partial charge on any atom is -0.309 e. The van der Waals surface area contributed by atoms with Crippen LogP contribution in [0.4, 0.5) is 0 Å². The molecule has 1 aromatic carbocycles. The second kappa shape index (κ2) is 11.2. The number of allylic oxidation sites excluding steroid dienone is 2. The number of nitrogens with zero attached hydrogens (tertiary/aromatic N) is 2. The molecule has 0 atom stereocenters. The highest BCUT2D eigenvalue weighted by Gasteiger charge is 2.22. The van der Waals surface area contributed by atoms with Crippen LogP contribution < -0.4 is 11.2 Å². The van der Waals surface area contributed by atoms with Crippen LogP contribution in [0.15, 0.2) is 58.3 Å². The van der Waals surface area contributed by atoms with Gasteiger partial charge < -0.3 is 9.05 Å². The van der Waals surface area contributed by atoms with Gasteiger partial charge in [0.15, 0.2) is 0 Å². The maximum absolute atomic E-state index is 12.7. The highest BCUT2D eigenvalue weighted by Crippen LogP contribution is 2.48. The van der Waals surface area contributed by atoms with E-state index in [2.05, 4.69) is 0 Å². The van der Waals surface area contributed by atoms with E-state index in [-0.39, 0.29) is 36.5 Å². The third-order valence-corrected chi connectivity index (χ3v) is 6.40. The molecule has 8 nitrogen and oxygen atoms in total. The van der Waals surface area contributed by atoms with E-state index in [0.29, 0.717) is 11.0 Å². The molecule has 0 fully saturated rings. The van der Waals surface area contributed by atoms with Gasteiger partial charge in [-0.05, 0) is 32.4 Å². The first kappa shape index (κ1) is 24.0. The maximum atomic E-state index is 12.7. The van der Waals surface area contributed by atoms with Crippen LogP contribution >= 0.6 is 19.2 Å². The first-order valence-corrected chi connectivity index (χ1v) is 11.6. The van der Waals surface area contributed by atoms with Crippen molar-refractivity contribution in [2.45, 2.75) is 26.8 Å². The largest absolute Gasteiger partial charge is 0.338 e. The molecular weight excluding hydrogens is 431 g/mol. The van der Waals surface area contributed by atoms with Crippen molar-refractivity contribution in [3.8, 4) is 0 Å². The van der Waals surface area contributed by atoms with Crippen LogP contribution in [0.25, 0.3) is 0 Å². The van der Waals surface area contributed by atoms with Gasteiger partial charge in [0.2, 0.25) is 0 Å². The van der Waals surface area contributed by atoms with Gasteiger partial charge in [0, 0.05) is 18.3 Å². The van der Waals surface area contributed by atoms with Crippen molar-refractivity contribution in [1.82, 2.24) is 9.13 Å². The van der Waals surface area contributed by atoms with Crippen LogP contribution in [0.2, 0.25) is 5.02 Å². The quantitative estimate of drug-likeness (QED) is 0.402. The smallest absolute Gasteiger partial charge is 0.309 e. The standard InChI is InChI=1S/C20H24ClN2O6P/c1-3-28-30(27,29-4-2)14-10-6-9-13-22-15-17(21)19(25)23(20(22)26)18(24)16-11-7-5-8-12-16/h5-9,11-12,15H,3-4,10,13-14H2,1-2H3/b9-6+. The van der Waals surface area contributed by atoms with E-state index in [9.17, 15) is 18.9 Å². The Kier molecular flexibility index (Phi) is 8.99. The Morgan fingerprint density at radius 1 is 1.10 bits per heavy atom. The van der Waals surface area contributed by atoms with E-state index in [4.69, 9.17) is 20.6 Å². The minimum atomic E-state index is -3.14. The molecule has 0 bridgehead atoms. The molecule has 0 amide bonds. The Balaban J connectivity index is 2.18. The van der Waals surface area contributed by atoms with Crippen molar-refractivity contribution >= 4 is 25.1 Å². The summed E-state index contributed by atoms with van der Waals surface area (Å²) in [5.74, 6) is -0.750. The molecule has 0 radical (unpaired) electrons. The number of rotatable bonds is 10. The lowest BCUT2D eigenvalue weighted by Crippen LogP contribution is -2.43. The summed E-state index contributed by atoms with van der Waals surface area (Å²) < 4.78 is 24.5. The fraction of sp³-hybridized carbons (Fsp3) is 0.350. The van der Waals surface area contributed by atoms with Crippen LogP contribution in [-0.4, -0.2) is 34.4 Å². The van der Waals surface area contributed by atoms with Crippen molar-refractivity contribution in [3.05, 3.63) is 80.1 Å². The van der Waals surface area contributed by atoms with Crippen LogP contribution in [0.5, 0.6) is 0 Å². The second-order valence-corrected chi connectivity index (χ2v) is 8.75.